The minimum atomic E-state index is -0.972. The van der Waals surface area contributed by atoms with Crippen molar-refractivity contribution < 1.29 is 23.6 Å². The van der Waals surface area contributed by atoms with E-state index in [2.05, 4.69) is 16.0 Å². The summed E-state index contributed by atoms with van der Waals surface area (Å²) < 4.78 is 14.3. The quantitative estimate of drug-likeness (QED) is 0.509. The van der Waals surface area contributed by atoms with E-state index in [9.17, 15) is 23.6 Å². The lowest BCUT2D eigenvalue weighted by molar-refractivity contribution is -0.124. The standard InChI is InChI=1S/C25H30FN5O4/c1-16-24(34)30-21(18-7-3-2-4-8-18)13-31(14-22(27)32)15-23(33)28-11-5-6-17-9-10-20(26)19(12-17)25(35)29-16/h2-4,7-10,12,16,21H,5-6,11,13-15H2,1H3,(H2,27,32)(H,28,33)(H,29,35)(H,30,34)/t16-,21-/m1/s1. The maximum Gasteiger partial charge on any atom is 0.254 e. The fourth-order valence-electron chi connectivity index (χ4n) is 3.90. The van der Waals surface area contributed by atoms with Gasteiger partial charge in [-0.1, -0.05) is 36.4 Å². The molecule has 0 spiro atoms. The van der Waals surface area contributed by atoms with Gasteiger partial charge in [-0.3, -0.25) is 24.1 Å². The van der Waals surface area contributed by atoms with Crippen LogP contribution in [0.3, 0.4) is 0 Å². The van der Waals surface area contributed by atoms with Crippen molar-refractivity contribution in [3.8, 4) is 0 Å². The van der Waals surface area contributed by atoms with Gasteiger partial charge in [-0.05, 0) is 43.0 Å². The second-order valence-electron chi connectivity index (χ2n) is 8.57. The van der Waals surface area contributed by atoms with Gasteiger partial charge >= 0.3 is 0 Å². The van der Waals surface area contributed by atoms with Crippen LogP contribution in [-0.4, -0.2) is 60.7 Å². The molecule has 10 heteroatoms. The van der Waals surface area contributed by atoms with Crippen LogP contribution in [0.2, 0.25) is 0 Å². The van der Waals surface area contributed by atoms with Crippen molar-refractivity contribution in [2.75, 3.05) is 26.2 Å². The van der Waals surface area contributed by atoms with Crippen LogP contribution < -0.4 is 21.7 Å². The number of benzene rings is 2. The summed E-state index contributed by atoms with van der Waals surface area (Å²) in [5.74, 6) is -2.79. The number of halogens is 1. The highest BCUT2D eigenvalue weighted by atomic mass is 19.1. The number of amides is 4. The van der Waals surface area contributed by atoms with E-state index >= 15 is 0 Å². The molecule has 0 unspecified atom stereocenters. The van der Waals surface area contributed by atoms with Gasteiger partial charge in [-0.25, -0.2) is 4.39 Å². The van der Waals surface area contributed by atoms with Gasteiger partial charge < -0.3 is 21.7 Å². The van der Waals surface area contributed by atoms with E-state index in [1.54, 1.807) is 35.2 Å². The molecule has 1 aliphatic heterocycles. The summed E-state index contributed by atoms with van der Waals surface area (Å²) in [4.78, 5) is 51.5. The van der Waals surface area contributed by atoms with Crippen molar-refractivity contribution in [3.63, 3.8) is 0 Å². The van der Waals surface area contributed by atoms with Gasteiger partial charge in [-0.15, -0.1) is 0 Å². The minimum Gasteiger partial charge on any atom is -0.369 e. The monoisotopic (exact) mass is 483 g/mol. The Kier molecular flexibility index (Phi) is 8.91. The van der Waals surface area contributed by atoms with Crippen LogP contribution >= 0.6 is 0 Å². The van der Waals surface area contributed by atoms with Crippen molar-refractivity contribution in [1.82, 2.24) is 20.9 Å². The van der Waals surface area contributed by atoms with Crippen LogP contribution in [0, 0.1) is 5.82 Å². The lowest BCUT2D eigenvalue weighted by atomic mass is 10.0. The van der Waals surface area contributed by atoms with Crippen LogP contribution in [0.25, 0.3) is 0 Å². The van der Waals surface area contributed by atoms with Gasteiger partial charge in [0, 0.05) is 13.1 Å². The molecule has 0 aromatic heterocycles. The zero-order valence-electron chi connectivity index (χ0n) is 19.6. The molecule has 0 aliphatic carbocycles. The summed E-state index contributed by atoms with van der Waals surface area (Å²) in [6, 6.07) is 11.7. The van der Waals surface area contributed by atoms with E-state index in [0.29, 0.717) is 19.4 Å². The smallest absolute Gasteiger partial charge is 0.254 e. The molecule has 0 saturated carbocycles. The van der Waals surface area contributed by atoms with Gasteiger partial charge in [0.2, 0.25) is 17.7 Å². The lowest BCUT2D eigenvalue weighted by Crippen LogP contribution is -2.49. The molecule has 35 heavy (non-hydrogen) atoms. The van der Waals surface area contributed by atoms with E-state index in [1.807, 2.05) is 6.07 Å². The molecule has 5 N–H and O–H groups in total. The molecule has 9 nitrogen and oxygen atoms in total. The van der Waals surface area contributed by atoms with Crippen molar-refractivity contribution in [1.29, 1.82) is 0 Å². The van der Waals surface area contributed by atoms with Gasteiger partial charge in [0.1, 0.15) is 11.9 Å². The summed E-state index contributed by atoms with van der Waals surface area (Å²) in [5, 5.41) is 8.22. The summed E-state index contributed by atoms with van der Waals surface area (Å²) in [5.41, 5.74) is 6.72. The highest BCUT2D eigenvalue weighted by Crippen LogP contribution is 2.16. The highest BCUT2D eigenvalue weighted by Gasteiger charge is 2.25. The SMILES string of the molecule is C[C@H]1NC(=O)c2cc(ccc2F)CCCNC(=O)CN(CC(N)=O)C[C@H](c2ccccc2)NC1=O. The molecule has 2 atom stereocenters. The molecular weight excluding hydrogens is 453 g/mol. The van der Waals surface area contributed by atoms with E-state index in [-0.39, 0.29) is 31.1 Å². The molecule has 1 aliphatic rings. The van der Waals surface area contributed by atoms with Crippen LogP contribution in [0.1, 0.15) is 40.9 Å². The second-order valence-corrected chi connectivity index (χ2v) is 8.57. The Labute approximate surface area is 203 Å². The van der Waals surface area contributed by atoms with Crippen LogP contribution in [0.5, 0.6) is 0 Å². The first-order valence-corrected chi connectivity index (χ1v) is 11.4. The number of nitrogens with two attached hydrogens (primary N) is 1. The summed E-state index contributed by atoms with van der Waals surface area (Å²) in [7, 11) is 0. The zero-order valence-corrected chi connectivity index (χ0v) is 19.6. The number of fused-ring (bicyclic) bond motifs is 2. The molecule has 2 aromatic rings. The topological polar surface area (TPSA) is 134 Å². The van der Waals surface area contributed by atoms with Crippen molar-refractivity contribution >= 4 is 23.6 Å². The Balaban J connectivity index is 1.90. The summed E-state index contributed by atoms with van der Waals surface area (Å²) in [6.45, 7) is 1.72. The number of carbonyl (C=O) groups is 4. The summed E-state index contributed by atoms with van der Waals surface area (Å²) >= 11 is 0. The third kappa shape index (κ3) is 7.61. The normalized spacial score (nSPS) is 20.8. The number of nitrogens with one attached hydrogen (secondary N) is 3. The molecule has 186 valence electrons. The fourth-order valence-corrected chi connectivity index (χ4v) is 3.90. The number of hydrogen-bond donors (Lipinski definition) is 4. The van der Waals surface area contributed by atoms with E-state index in [1.165, 1.54) is 19.1 Å². The van der Waals surface area contributed by atoms with Crippen LogP contribution in [0.4, 0.5) is 4.39 Å². The molecule has 0 saturated heterocycles. The predicted molar refractivity (Wildman–Crippen MR) is 128 cm³/mol. The number of hydrogen-bond acceptors (Lipinski definition) is 5. The van der Waals surface area contributed by atoms with E-state index in [4.69, 9.17) is 5.73 Å². The average Bonchev–Trinajstić information content (AvgIpc) is 2.81. The molecule has 3 rings (SSSR count). The first kappa shape index (κ1) is 25.8. The average molecular weight is 484 g/mol. The Morgan fingerprint density at radius 1 is 1.11 bits per heavy atom. The van der Waals surface area contributed by atoms with Crippen LogP contribution in [-0.2, 0) is 20.8 Å². The van der Waals surface area contributed by atoms with Crippen molar-refractivity contribution in [2.24, 2.45) is 5.73 Å². The van der Waals surface area contributed by atoms with E-state index in [0.717, 1.165) is 11.1 Å². The number of nitrogens with zero attached hydrogens (tertiary/aromatic N) is 1. The predicted octanol–water partition coefficient (Wildman–Crippen LogP) is 0.651. The molecular formula is C25H30FN5O4. The highest BCUT2D eigenvalue weighted by molar-refractivity contribution is 5.97. The third-order valence-electron chi connectivity index (χ3n) is 5.69. The minimum absolute atomic E-state index is 0.0882. The maximum absolute atomic E-state index is 14.3. The van der Waals surface area contributed by atoms with Gasteiger partial charge in [0.15, 0.2) is 0 Å². The lowest BCUT2D eigenvalue weighted by Gasteiger charge is -2.28. The molecule has 4 amide bonds. The van der Waals surface area contributed by atoms with Gasteiger partial charge in [0.05, 0.1) is 24.7 Å². The Morgan fingerprint density at radius 3 is 2.57 bits per heavy atom. The number of aryl methyl sites for hydroxylation is 1. The Hall–Kier alpha value is -3.79. The first-order valence-electron chi connectivity index (χ1n) is 11.4. The Morgan fingerprint density at radius 2 is 1.86 bits per heavy atom. The number of carbonyl (C=O) groups excluding carboxylic acids is 4. The number of primary amides is 1. The van der Waals surface area contributed by atoms with Crippen molar-refractivity contribution in [3.05, 3.63) is 71.0 Å². The fraction of sp³-hybridized carbons (Fsp3) is 0.360. The van der Waals surface area contributed by atoms with Gasteiger partial charge in [-0.2, -0.15) is 0 Å². The zero-order chi connectivity index (χ0) is 25.4. The van der Waals surface area contributed by atoms with Crippen molar-refractivity contribution in [2.45, 2.75) is 31.8 Å². The van der Waals surface area contributed by atoms with Gasteiger partial charge in [0.25, 0.3) is 5.91 Å². The largest absolute Gasteiger partial charge is 0.369 e. The molecule has 2 aromatic carbocycles. The third-order valence-corrected chi connectivity index (χ3v) is 5.69. The Bertz CT molecular complexity index is 1080. The molecule has 0 radical (unpaired) electrons. The van der Waals surface area contributed by atoms with E-state index < -0.39 is 35.6 Å². The second kappa shape index (κ2) is 12.1. The maximum atomic E-state index is 14.3. The summed E-state index contributed by atoms with van der Waals surface area (Å²) in [6.07, 6.45) is 1.08. The first-order chi connectivity index (χ1) is 16.7. The molecule has 1 heterocycles. The number of rotatable bonds is 3. The van der Waals surface area contributed by atoms with Crippen LogP contribution in [0.15, 0.2) is 48.5 Å². The molecule has 0 fully saturated rings. The molecule has 2 bridgehead atoms.